The predicted molar refractivity (Wildman–Crippen MR) is 88.9 cm³/mol. The van der Waals surface area contributed by atoms with Crippen molar-refractivity contribution >= 4 is 17.5 Å². The van der Waals surface area contributed by atoms with E-state index in [2.05, 4.69) is 39.2 Å². The molecule has 0 saturated heterocycles. The Balaban J connectivity index is 2.08. The first-order valence-electron chi connectivity index (χ1n) is 7.60. The second-order valence-corrected chi connectivity index (χ2v) is 5.13. The Morgan fingerprint density at radius 2 is 1.82 bits per heavy atom. The van der Waals surface area contributed by atoms with Crippen molar-refractivity contribution in [3.8, 4) is 5.75 Å². The fraction of sp³-hybridized carbons (Fsp3) is 0.438. The Bertz CT molecular complexity index is 581. The largest absolute Gasteiger partial charge is 0.491 e. The maximum Gasteiger partial charge on any atom is 0.249 e. The summed E-state index contributed by atoms with van der Waals surface area (Å²) in [5, 5.41) is 11.2. The van der Waals surface area contributed by atoms with Gasteiger partial charge in [0.25, 0.3) is 0 Å². The summed E-state index contributed by atoms with van der Waals surface area (Å²) >= 11 is 0. The van der Waals surface area contributed by atoms with Crippen molar-refractivity contribution in [1.29, 1.82) is 0 Å². The summed E-state index contributed by atoms with van der Waals surface area (Å²) in [5.74, 6) is 2.15. The zero-order chi connectivity index (χ0) is 15.9. The maximum absolute atomic E-state index is 5.62. The molecular formula is C16H23N5O. The number of ether oxygens (including phenoxy) is 1. The summed E-state index contributed by atoms with van der Waals surface area (Å²) in [6.07, 6.45) is 1.84. The van der Waals surface area contributed by atoms with Crippen molar-refractivity contribution < 1.29 is 4.74 Å². The van der Waals surface area contributed by atoms with E-state index in [-0.39, 0.29) is 6.10 Å². The van der Waals surface area contributed by atoms with Gasteiger partial charge in [0.05, 0.1) is 12.3 Å². The van der Waals surface area contributed by atoms with Crippen LogP contribution in [0.1, 0.15) is 27.7 Å². The molecular weight excluding hydrogens is 278 g/mol. The van der Waals surface area contributed by atoms with E-state index >= 15 is 0 Å². The molecule has 0 aliphatic carbocycles. The van der Waals surface area contributed by atoms with E-state index in [0.29, 0.717) is 5.95 Å². The monoisotopic (exact) mass is 301 g/mol. The molecule has 0 saturated carbocycles. The second kappa shape index (κ2) is 7.59. The molecule has 2 rings (SSSR count). The predicted octanol–water partition coefficient (Wildman–Crippen LogP) is 3.25. The van der Waals surface area contributed by atoms with Crippen LogP contribution in [0.3, 0.4) is 0 Å². The number of aromatic nitrogens is 3. The fourth-order valence-electron chi connectivity index (χ4n) is 2.07. The topological polar surface area (TPSA) is 63.2 Å². The van der Waals surface area contributed by atoms with Gasteiger partial charge < -0.3 is 15.0 Å². The smallest absolute Gasteiger partial charge is 0.249 e. The third kappa shape index (κ3) is 4.31. The lowest BCUT2D eigenvalue weighted by atomic mass is 10.3. The van der Waals surface area contributed by atoms with Gasteiger partial charge >= 0.3 is 0 Å². The highest BCUT2D eigenvalue weighted by Crippen LogP contribution is 2.19. The molecule has 0 aliphatic rings. The van der Waals surface area contributed by atoms with Crippen molar-refractivity contribution in [2.75, 3.05) is 23.3 Å². The lowest BCUT2D eigenvalue weighted by Gasteiger charge is -2.19. The molecule has 6 nitrogen and oxygen atoms in total. The Hall–Kier alpha value is -2.37. The van der Waals surface area contributed by atoms with Crippen LogP contribution in [-0.4, -0.2) is 34.4 Å². The van der Waals surface area contributed by atoms with Crippen LogP contribution >= 0.6 is 0 Å². The van der Waals surface area contributed by atoms with Crippen LogP contribution in [0.4, 0.5) is 17.5 Å². The normalized spacial score (nSPS) is 10.6. The molecule has 0 unspecified atom stereocenters. The van der Waals surface area contributed by atoms with E-state index < -0.39 is 0 Å². The Kier molecular flexibility index (Phi) is 5.52. The molecule has 0 aliphatic heterocycles. The molecule has 0 atom stereocenters. The molecule has 1 heterocycles. The first-order valence-corrected chi connectivity index (χ1v) is 7.60. The molecule has 118 valence electrons. The quantitative estimate of drug-likeness (QED) is 0.847. The molecule has 1 N–H and O–H groups in total. The van der Waals surface area contributed by atoms with E-state index in [1.165, 1.54) is 0 Å². The van der Waals surface area contributed by atoms with Crippen LogP contribution in [0.2, 0.25) is 0 Å². The number of hydrogen-bond donors (Lipinski definition) is 1. The number of rotatable bonds is 7. The lowest BCUT2D eigenvalue weighted by molar-refractivity contribution is 0.242. The third-order valence-corrected chi connectivity index (χ3v) is 3.12. The molecule has 0 amide bonds. The van der Waals surface area contributed by atoms with Gasteiger partial charge in [-0.25, -0.2) is 0 Å². The van der Waals surface area contributed by atoms with Gasteiger partial charge in [-0.3, -0.25) is 0 Å². The zero-order valence-electron chi connectivity index (χ0n) is 13.6. The number of benzene rings is 1. The van der Waals surface area contributed by atoms with Crippen LogP contribution < -0.4 is 15.0 Å². The van der Waals surface area contributed by atoms with Crippen molar-refractivity contribution in [3.63, 3.8) is 0 Å². The molecule has 1 aromatic carbocycles. The van der Waals surface area contributed by atoms with Crippen LogP contribution in [0.25, 0.3) is 0 Å². The summed E-state index contributed by atoms with van der Waals surface area (Å²) in [7, 11) is 0. The van der Waals surface area contributed by atoms with Crippen molar-refractivity contribution in [3.05, 3.63) is 30.5 Å². The Labute approximate surface area is 131 Å². The van der Waals surface area contributed by atoms with Crippen LogP contribution in [0, 0.1) is 0 Å². The van der Waals surface area contributed by atoms with Crippen molar-refractivity contribution in [2.24, 2.45) is 0 Å². The number of hydrogen-bond acceptors (Lipinski definition) is 6. The van der Waals surface area contributed by atoms with Crippen molar-refractivity contribution in [2.45, 2.75) is 33.8 Å². The summed E-state index contributed by atoms with van der Waals surface area (Å²) < 4.78 is 5.62. The number of anilines is 3. The van der Waals surface area contributed by atoms with E-state index in [4.69, 9.17) is 4.74 Å². The highest BCUT2D eigenvalue weighted by molar-refractivity contribution is 5.55. The molecule has 22 heavy (non-hydrogen) atoms. The first kappa shape index (κ1) is 16.0. The fourth-order valence-corrected chi connectivity index (χ4v) is 2.07. The van der Waals surface area contributed by atoms with Gasteiger partial charge in [-0.05, 0) is 52.0 Å². The summed E-state index contributed by atoms with van der Waals surface area (Å²) in [6.45, 7) is 9.96. The average Bonchev–Trinajstić information content (AvgIpc) is 2.50. The van der Waals surface area contributed by atoms with Gasteiger partial charge in [-0.1, -0.05) is 0 Å². The van der Waals surface area contributed by atoms with E-state index in [1.54, 1.807) is 6.20 Å². The highest BCUT2D eigenvalue weighted by atomic mass is 16.5. The van der Waals surface area contributed by atoms with Gasteiger partial charge in [0.15, 0.2) is 5.82 Å². The van der Waals surface area contributed by atoms with E-state index in [1.807, 2.05) is 38.1 Å². The van der Waals surface area contributed by atoms with Crippen LogP contribution in [0.15, 0.2) is 30.5 Å². The lowest BCUT2D eigenvalue weighted by Crippen LogP contribution is -2.23. The molecule has 0 bridgehead atoms. The van der Waals surface area contributed by atoms with Gasteiger partial charge in [0.2, 0.25) is 5.95 Å². The molecule has 2 aromatic rings. The molecule has 6 heteroatoms. The van der Waals surface area contributed by atoms with E-state index in [0.717, 1.165) is 30.3 Å². The summed E-state index contributed by atoms with van der Waals surface area (Å²) in [4.78, 5) is 6.62. The molecule has 0 radical (unpaired) electrons. The Morgan fingerprint density at radius 1 is 1.14 bits per heavy atom. The minimum Gasteiger partial charge on any atom is -0.491 e. The molecule has 1 aromatic heterocycles. The first-order chi connectivity index (χ1) is 10.6. The van der Waals surface area contributed by atoms with Crippen molar-refractivity contribution in [1.82, 2.24) is 15.2 Å². The van der Waals surface area contributed by atoms with Crippen LogP contribution in [-0.2, 0) is 0 Å². The molecule has 0 spiro atoms. The summed E-state index contributed by atoms with van der Waals surface area (Å²) in [6, 6.07) is 7.71. The van der Waals surface area contributed by atoms with E-state index in [9.17, 15) is 0 Å². The Morgan fingerprint density at radius 3 is 2.41 bits per heavy atom. The minimum absolute atomic E-state index is 0.164. The van der Waals surface area contributed by atoms with Gasteiger partial charge in [-0.2, -0.15) is 10.1 Å². The van der Waals surface area contributed by atoms with Gasteiger partial charge in [0, 0.05) is 18.8 Å². The highest BCUT2D eigenvalue weighted by Gasteiger charge is 2.07. The van der Waals surface area contributed by atoms with Crippen LogP contribution in [0.5, 0.6) is 5.75 Å². The third-order valence-electron chi connectivity index (χ3n) is 3.12. The maximum atomic E-state index is 5.62. The second-order valence-electron chi connectivity index (χ2n) is 5.13. The van der Waals surface area contributed by atoms with Gasteiger partial charge in [0.1, 0.15) is 5.75 Å². The SMILES string of the molecule is CCN(CC)c1cnnc(Nc2ccc(OC(C)C)cc2)n1. The standard InChI is InChI=1S/C16H23N5O/c1-5-21(6-2)15-11-17-20-16(19-15)18-13-7-9-14(10-8-13)22-12(3)4/h7-12H,5-6H2,1-4H3,(H,18,19,20). The minimum atomic E-state index is 0.164. The van der Waals surface area contributed by atoms with Gasteiger partial charge in [-0.15, -0.1) is 5.10 Å². The number of nitrogens with one attached hydrogen (secondary N) is 1. The zero-order valence-corrected chi connectivity index (χ0v) is 13.6. The summed E-state index contributed by atoms with van der Waals surface area (Å²) in [5.41, 5.74) is 0.898. The molecule has 0 fully saturated rings. The number of nitrogens with zero attached hydrogens (tertiary/aromatic N) is 4. The average molecular weight is 301 g/mol.